The largest absolute Gasteiger partial charge is 0.390 e. The Bertz CT molecular complexity index is 161. The van der Waals surface area contributed by atoms with Crippen LogP contribution in [-0.4, -0.2) is 48.8 Å². The normalized spacial score (nSPS) is 25.9. The molecule has 0 saturated carbocycles. The molecule has 1 rings (SSSR count). The van der Waals surface area contributed by atoms with Gasteiger partial charge in [0.05, 0.1) is 6.10 Å². The Morgan fingerprint density at radius 2 is 2.21 bits per heavy atom. The summed E-state index contributed by atoms with van der Waals surface area (Å²) < 4.78 is 0. The van der Waals surface area contributed by atoms with Gasteiger partial charge in [0.15, 0.2) is 0 Å². The van der Waals surface area contributed by atoms with Gasteiger partial charge >= 0.3 is 0 Å². The van der Waals surface area contributed by atoms with E-state index in [0.717, 1.165) is 13.1 Å². The molecule has 14 heavy (non-hydrogen) atoms. The summed E-state index contributed by atoms with van der Waals surface area (Å²) >= 11 is 0. The van der Waals surface area contributed by atoms with Crippen LogP contribution < -0.4 is 5.32 Å². The maximum Gasteiger partial charge on any atom is 0.0791 e. The molecule has 0 amide bonds. The quantitative estimate of drug-likeness (QED) is 0.685. The van der Waals surface area contributed by atoms with Gasteiger partial charge in [-0.05, 0) is 32.4 Å². The van der Waals surface area contributed by atoms with Gasteiger partial charge in [-0.15, -0.1) is 0 Å². The molecule has 1 aliphatic heterocycles. The molecule has 1 fully saturated rings. The number of hydrogen-bond donors (Lipinski definition) is 2. The minimum absolute atomic E-state index is 0.223. The van der Waals surface area contributed by atoms with Gasteiger partial charge in [-0.2, -0.15) is 0 Å². The van der Waals surface area contributed by atoms with E-state index in [-0.39, 0.29) is 6.10 Å². The van der Waals surface area contributed by atoms with Gasteiger partial charge in [0, 0.05) is 19.1 Å². The van der Waals surface area contributed by atoms with Gasteiger partial charge in [-0.3, -0.25) is 4.90 Å². The molecule has 0 bridgehead atoms. The lowest BCUT2D eigenvalue weighted by Crippen LogP contribution is -2.41. The molecular formula is C11H24N2O. The molecule has 0 aromatic heterocycles. The van der Waals surface area contributed by atoms with Crippen LogP contribution in [0.4, 0.5) is 0 Å². The molecule has 84 valence electrons. The highest BCUT2D eigenvalue weighted by atomic mass is 16.3. The molecular weight excluding hydrogens is 176 g/mol. The fraction of sp³-hybridized carbons (Fsp3) is 1.00. The third-order valence-electron chi connectivity index (χ3n) is 3.07. The molecule has 0 aromatic rings. The lowest BCUT2D eigenvalue weighted by Gasteiger charge is -2.29. The van der Waals surface area contributed by atoms with Crippen LogP contribution >= 0.6 is 0 Å². The summed E-state index contributed by atoms with van der Waals surface area (Å²) in [5.41, 5.74) is 0. The minimum Gasteiger partial charge on any atom is -0.390 e. The van der Waals surface area contributed by atoms with E-state index in [2.05, 4.69) is 24.1 Å². The minimum atomic E-state index is -0.223. The highest BCUT2D eigenvalue weighted by molar-refractivity contribution is 4.83. The van der Waals surface area contributed by atoms with Gasteiger partial charge in [0.25, 0.3) is 0 Å². The zero-order valence-electron chi connectivity index (χ0n) is 9.66. The van der Waals surface area contributed by atoms with E-state index in [1.807, 2.05) is 7.05 Å². The number of nitrogens with zero attached hydrogens (tertiary/aromatic N) is 1. The van der Waals surface area contributed by atoms with Crippen LogP contribution in [0.25, 0.3) is 0 Å². The van der Waals surface area contributed by atoms with Crippen LogP contribution in [0.3, 0.4) is 0 Å². The highest BCUT2D eigenvalue weighted by Gasteiger charge is 2.27. The Labute approximate surface area is 87.5 Å². The van der Waals surface area contributed by atoms with Gasteiger partial charge in [0.2, 0.25) is 0 Å². The first kappa shape index (κ1) is 12.0. The first-order valence-electron chi connectivity index (χ1n) is 5.72. The fourth-order valence-corrected chi connectivity index (χ4v) is 2.40. The van der Waals surface area contributed by atoms with Crippen molar-refractivity contribution in [3.05, 3.63) is 0 Å². The van der Waals surface area contributed by atoms with Crippen LogP contribution in [-0.2, 0) is 0 Å². The number of β-amino-alcohol motifs (C(OH)–C–C–N with tert-alkyl or cyclic N) is 1. The Balaban J connectivity index is 2.35. The fourth-order valence-electron chi connectivity index (χ4n) is 2.40. The molecule has 2 unspecified atom stereocenters. The van der Waals surface area contributed by atoms with Crippen molar-refractivity contribution in [3.63, 3.8) is 0 Å². The van der Waals surface area contributed by atoms with Crippen LogP contribution in [0.5, 0.6) is 0 Å². The number of aliphatic hydroxyl groups is 1. The predicted octanol–water partition coefficient (Wildman–Crippen LogP) is 0.687. The molecule has 3 heteroatoms. The molecule has 0 radical (unpaired) electrons. The Kier molecular flexibility index (Phi) is 4.85. The lowest BCUT2D eigenvalue weighted by atomic mass is 10.0. The number of likely N-dealkylation sites (N-methyl/N-ethyl adjacent to an activating group) is 1. The maximum atomic E-state index is 9.70. The average Bonchev–Trinajstić information content (AvgIpc) is 2.52. The lowest BCUT2D eigenvalue weighted by molar-refractivity contribution is 0.0944. The molecule has 2 atom stereocenters. The maximum absolute atomic E-state index is 9.70. The standard InChI is InChI=1S/C11H24N2O/c1-9(2)11-5-4-6-13(11)8-10(14)7-12-3/h9-12,14H,4-8H2,1-3H3. The zero-order valence-corrected chi connectivity index (χ0v) is 9.66. The van der Waals surface area contributed by atoms with E-state index in [1.165, 1.54) is 12.8 Å². The number of rotatable bonds is 5. The molecule has 1 heterocycles. The predicted molar refractivity (Wildman–Crippen MR) is 59.4 cm³/mol. The molecule has 1 saturated heterocycles. The molecule has 0 spiro atoms. The molecule has 0 aliphatic carbocycles. The number of hydrogen-bond acceptors (Lipinski definition) is 3. The SMILES string of the molecule is CNCC(O)CN1CCCC1C(C)C. The van der Waals surface area contributed by atoms with E-state index >= 15 is 0 Å². The van der Waals surface area contributed by atoms with Crippen LogP contribution in [0.2, 0.25) is 0 Å². The molecule has 0 aromatic carbocycles. The number of aliphatic hydroxyl groups excluding tert-OH is 1. The summed E-state index contributed by atoms with van der Waals surface area (Å²) in [6, 6.07) is 0.682. The Morgan fingerprint density at radius 1 is 1.50 bits per heavy atom. The average molecular weight is 200 g/mol. The second kappa shape index (κ2) is 5.69. The van der Waals surface area contributed by atoms with E-state index in [1.54, 1.807) is 0 Å². The van der Waals surface area contributed by atoms with E-state index in [0.29, 0.717) is 18.5 Å². The van der Waals surface area contributed by atoms with Crippen molar-refractivity contribution in [3.8, 4) is 0 Å². The van der Waals surface area contributed by atoms with Crippen molar-refractivity contribution < 1.29 is 5.11 Å². The Hall–Kier alpha value is -0.120. The van der Waals surface area contributed by atoms with Crippen molar-refractivity contribution in [1.82, 2.24) is 10.2 Å². The topological polar surface area (TPSA) is 35.5 Å². The van der Waals surface area contributed by atoms with Crippen LogP contribution in [0, 0.1) is 5.92 Å². The van der Waals surface area contributed by atoms with Crippen LogP contribution in [0.15, 0.2) is 0 Å². The second-order valence-electron chi connectivity index (χ2n) is 4.66. The summed E-state index contributed by atoms with van der Waals surface area (Å²) in [4.78, 5) is 2.44. The first-order valence-corrected chi connectivity index (χ1v) is 5.72. The summed E-state index contributed by atoms with van der Waals surface area (Å²) in [5.74, 6) is 0.708. The van der Waals surface area contributed by atoms with Gasteiger partial charge in [-0.25, -0.2) is 0 Å². The second-order valence-corrected chi connectivity index (χ2v) is 4.66. The Morgan fingerprint density at radius 3 is 2.79 bits per heavy atom. The van der Waals surface area contributed by atoms with Crippen LogP contribution in [0.1, 0.15) is 26.7 Å². The van der Waals surface area contributed by atoms with Gasteiger partial charge < -0.3 is 10.4 Å². The molecule has 3 nitrogen and oxygen atoms in total. The highest BCUT2D eigenvalue weighted by Crippen LogP contribution is 2.23. The summed E-state index contributed by atoms with van der Waals surface area (Å²) in [7, 11) is 1.88. The third-order valence-corrected chi connectivity index (χ3v) is 3.07. The van der Waals surface area contributed by atoms with Crippen molar-refractivity contribution in [1.29, 1.82) is 0 Å². The van der Waals surface area contributed by atoms with E-state index < -0.39 is 0 Å². The summed E-state index contributed by atoms with van der Waals surface area (Å²) in [6.45, 7) is 7.22. The smallest absolute Gasteiger partial charge is 0.0791 e. The van der Waals surface area contributed by atoms with Gasteiger partial charge in [-0.1, -0.05) is 13.8 Å². The summed E-state index contributed by atoms with van der Waals surface area (Å²) in [6.07, 6.45) is 2.36. The van der Waals surface area contributed by atoms with E-state index in [4.69, 9.17) is 0 Å². The van der Waals surface area contributed by atoms with Crippen molar-refractivity contribution in [2.45, 2.75) is 38.8 Å². The summed E-state index contributed by atoms with van der Waals surface area (Å²) in [5, 5.41) is 12.7. The zero-order chi connectivity index (χ0) is 10.6. The van der Waals surface area contributed by atoms with E-state index in [9.17, 15) is 5.11 Å². The number of likely N-dealkylation sites (tertiary alicyclic amines) is 1. The van der Waals surface area contributed by atoms with Crippen molar-refractivity contribution in [2.24, 2.45) is 5.92 Å². The number of nitrogens with one attached hydrogen (secondary N) is 1. The van der Waals surface area contributed by atoms with Crippen molar-refractivity contribution in [2.75, 3.05) is 26.7 Å². The van der Waals surface area contributed by atoms with Gasteiger partial charge in [0.1, 0.15) is 0 Å². The molecule has 2 N–H and O–H groups in total. The third kappa shape index (κ3) is 3.23. The molecule has 1 aliphatic rings. The monoisotopic (exact) mass is 200 g/mol. The first-order chi connectivity index (χ1) is 6.65. The van der Waals surface area contributed by atoms with Crippen molar-refractivity contribution >= 4 is 0 Å².